The van der Waals surface area contributed by atoms with Crippen molar-refractivity contribution in [3.05, 3.63) is 60.2 Å². The maximum atomic E-state index is 9.06. The fourth-order valence-electron chi connectivity index (χ4n) is 1.31. The van der Waals surface area contributed by atoms with E-state index in [1.807, 2.05) is 30.3 Å². The fourth-order valence-corrected chi connectivity index (χ4v) is 1.31. The molecule has 0 fully saturated rings. The molecule has 0 amide bonds. The van der Waals surface area contributed by atoms with E-state index < -0.39 is 0 Å². The van der Waals surface area contributed by atoms with Crippen LogP contribution in [0.3, 0.4) is 0 Å². The Bertz CT molecular complexity index is 524. The molecule has 0 aliphatic carbocycles. The van der Waals surface area contributed by atoms with Crippen LogP contribution in [-0.4, -0.2) is 9.97 Å². The van der Waals surface area contributed by atoms with Gasteiger partial charge in [-0.1, -0.05) is 12.1 Å². The second kappa shape index (κ2) is 4.85. The average Bonchev–Trinajstić information content (AvgIpc) is 2.38. The number of allylic oxidation sites excluding steroid dienone is 1. The Morgan fingerprint density at radius 2 is 2.12 bits per heavy atom. The van der Waals surface area contributed by atoms with Crippen molar-refractivity contribution >= 4 is 11.6 Å². The van der Waals surface area contributed by atoms with Crippen LogP contribution in [0.25, 0.3) is 11.6 Å². The molecule has 0 atom stereocenters. The molecule has 2 aromatic rings. The highest BCUT2D eigenvalue weighted by Crippen LogP contribution is 2.14. The monoisotopic (exact) mass is 207 g/mol. The van der Waals surface area contributed by atoms with E-state index in [1.54, 1.807) is 24.7 Å². The Labute approximate surface area is 93.7 Å². The molecule has 2 aromatic heterocycles. The smallest absolute Gasteiger partial charge is 0.101 e. The third-order valence-corrected chi connectivity index (χ3v) is 2.06. The van der Waals surface area contributed by atoms with Gasteiger partial charge in [-0.15, -0.1) is 0 Å². The van der Waals surface area contributed by atoms with Crippen LogP contribution in [-0.2, 0) is 0 Å². The molecular formula is C13H9N3. The van der Waals surface area contributed by atoms with E-state index in [-0.39, 0.29) is 0 Å². The molecule has 0 spiro atoms. The van der Waals surface area contributed by atoms with Gasteiger partial charge in [-0.3, -0.25) is 9.97 Å². The molecule has 0 saturated heterocycles. The van der Waals surface area contributed by atoms with Crippen LogP contribution >= 0.6 is 0 Å². The molecule has 0 saturated carbocycles. The summed E-state index contributed by atoms with van der Waals surface area (Å²) in [6, 6.07) is 11.4. The Morgan fingerprint density at radius 1 is 1.19 bits per heavy atom. The molecule has 0 aliphatic heterocycles. The van der Waals surface area contributed by atoms with Crippen LogP contribution in [0.2, 0.25) is 0 Å². The van der Waals surface area contributed by atoms with E-state index in [1.165, 1.54) is 0 Å². The summed E-state index contributed by atoms with van der Waals surface area (Å²) in [6.45, 7) is 0. The summed E-state index contributed by atoms with van der Waals surface area (Å²) in [6.07, 6.45) is 6.85. The Hall–Kier alpha value is -2.47. The summed E-state index contributed by atoms with van der Waals surface area (Å²) in [5.41, 5.74) is 2.10. The lowest BCUT2D eigenvalue weighted by atomic mass is 10.1. The van der Waals surface area contributed by atoms with Gasteiger partial charge < -0.3 is 0 Å². The first-order valence-corrected chi connectivity index (χ1v) is 4.83. The van der Waals surface area contributed by atoms with E-state index in [4.69, 9.17) is 5.26 Å². The maximum Gasteiger partial charge on any atom is 0.101 e. The third kappa shape index (κ3) is 2.31. The fraction of sp³-hybridized carbons (Fsp3) is 0. The first kappa shape index (κ1) is 10.1. The van der Waals surface area contributed by atoms with Gasteiger partial charge in [-0.05, 0) is 29.8 Å². The van der Waals surface area contributed by atoms with Gasteiger partial charge in [0, 0.05) is 18.6 Å². The lowest BCUT2D eigenvalue weighted by molar-refractivity contribution is 1.28. The maximum absolute atomic E-state index is 9.06. The highest BCUT2D eigenvalue weighted by atomic mass is 14.7. The Morgan fingerprint density at radius 3 is 2.75 bits per heavy atom. The highest BCUT2D eigenvalue weighted by molar-refractivity contribution is 5.87. The minimum absolute atomic E-state index is 0.536. The molecule has 2 heterocycles. The van der Waals surface area contributed by atoms with Crippen molar-refractivity contribution in [1.82, 2.24) is 9.97 Å². The lowest BCUT2D eigenvalue weighted by Crippen LogP contribution is -1.85. The summed E-state index contributed by atoms with van der Waals surface area (Å²) in [4.78, 5) is 8.13. The molecule has 0 radical (unpaired) electrons. The largest absolute Gasteiger partial charge is 0.264 e. The van der Waals surface area contributed by atoms with E-state index in [0.717, 1.165) is 5.56 Å². The zero-order valence-corrected chi connectivity index (χ0v) is 8.54. The quantitative estimate of drug-likeness (QED) is 0.711. The lowest BCUT2D eigenvalue weighted by Gasteiger charge is -1.97. The van der Waals surface area contributed by atoms with Crippen LogP contribution in [0.5, 0.6) is 0 Å². The van der Waals surface area contributed by atoms with Crippen LogP contribution in [0, 0.1) is 11.3 Å². The molecule has 76 valence electrons. The van der Waals surface area contributed by atoms with Gasteiger partial charge in [-0.2, -0.15) is 5.26 Å². The number of pyridine rings is 2. The Balaban J connectivity index is 2.39. The second-order valence-corrected chi connectivity index (χ2v) is 3.17. The normalized spacial score (nSPS) is 10.8. The van der Waals surface area contributed by atoms with Crippen molar-refractivity contribution in [3.63, 3.8) is 0 Å². The van der Waals surface area contributed by atoms with Crippen molar-refractivity contribution in [3.8, 4) is 6.07 Å². The first-order valence-electron chi connectivity index (χ1n) is 4.83. The van der Waals surface area contributed by atoms with E-state index in [2.05, 4.69) is 16.0 Å². The van der Waals surface area contributed by atoms with Gasteiger partial charge in [0.25, 0.3) is 0 Å². The predicted molar refractivity (Wildman–Crippen MR) is 62.0 cm³/mol. The minimum atomic E-state index is 0.536. The molecule has 3 heteroatoms. The van der Waals surface area contributed by atoms with Crippen molar-refractivity contribution in [2.75, 3.05) is 0 Å². The van der Waals surface area contributed by atoms with Crippen molar-refractivity contribution < 1.29 is 0 Å². The predicted octanol–water partition coefficient (Wildman–Crippen LogP) is 2.54. The molecule has 3 nitrogen and oxygen atoms in total. The second-order valence-electron chi connectivity index (χ2n) is 3.17. The molecular weight excluding hydrogens is 198 g/mol. The molecule has 0 N–H and O–H groups in total. The number of aromatic nitrogens is 2. The van der Waals surface area contributed by atoms with E-state index in [0.29, 0.717) is 11.3 Å². The van der Waals surface area contributed by atoms with Crippen molar-refractivity contribution in [2.24, 2.45) is 0 Å². The molecule has 0 bridgehead atoms. The van der Waals surface area contributed by atoms with E-state index in [9.17, 15) is 0 Å². The average molecular weight is 207 g/mol. The molecule has 16 heavy (non-hydrogen) atoms. The van der Waals surface area contributed by atoms with E-state index >= 15 is 0 Å². The number of nitriles is 1. The molecule has 0 aliphatic rings. The number of nitrogens with zero attached hydrogens (tertiary/aromatic N) is 3. The summed E-state index contributed by atoms with van der Waals surface area (Å²) < 4.78 is 0. The van der Waals surface area contributed by atoms with Gasteiger partial charge in [0.2, 0.25) is 0 Å². The highest BCUT2D eigenvalue weighted by Gasteiger charge is 2.00. The SMILES string of the molecule is N#C/C(=C/c1cccnc1)c1ccccn1. The number of hydrogen-bond acceptors (Lipinski definition) is 3. The van der Waals surface area contributed by atoms with Crippen LogP contribution in [0.4, 0.5) is 0 Å². The minimum Gasteiger partial charge on any atom is -0.264 e. The summed E-state index contributed by atoms with van der Waals surface area (Å²) in [7, 11) is 0. The summed E-state index contributed by atoms with van der Waals surface area (Å²) in [5.74, 6) is 0. The van der Waals surface area contributed by atoms with Crippen LogP contribution in [0.1, 0.15) is 11.3 Å². The van der Waals surface area contributed by atoms with Crippen LogP contribution < -0.4 is 0 Å². The van der Waals surface area contributed by atoms with Gasteiger partial charge in [0.15, 0.2) is 0 Å². The van der Waals surface area contributed by atoms with Gasteiger partial charge in [-0.25, -0.2) is 0 Å². The number of rotatable bonds is 2. The van der Waals surface area contributed by atoms with Crippen molar-refractivity contribution in [1.29, 1.82) is 5.26 Å². The van der Waals surface area contributed by atoms with Gasteiger partial charge in [0.1, 0.15) is 6.07 Å². The summed E-state index contributed by atoms with van der Waals surface area (Å²) >= 11 is 0. The van der Waals surface area contributed by atoms with Gasteiger partial charge in [0.05, 0.1) is 11.3 Å². The molecule has 2 rings (SSSR count). The standard InChI is InChI=1S/C13H9N3/c14-9-12(13-5-1-2-7-16-13)8-11-4-3-6-15-10-11/h1-8,10H/b12-8-. The zero-order chi connectivity index (χ0) is 11.2. The van der Waals surface area contributed by atoms with Crippen LogP contribution in [0.15, 0.2) is 48.9 Å². The Kier molecular flexibility index (Phi) is 3.05. The summed E-state index contributed by atoms with van der Waals surface area (Å²) in [5, 5.41) is 9.06. The molecule has 0 aromatic carbocycles. The number of hydrogen-bond donors (Lipinski definition) is 0. The third-order valence-electron chi connectivity index (χ3n) is 2.06. The zero-order valence-electron chi connectivity index (χ0n) is 8.54. The first-order chi connectivity index (χ1) is 7.90. The topological polar surface area (TPSA) is 49.6 Å². The van der Waals surface area contributed by atoms with Crippen molar-refractivity contribution in [2.45, 2.75) is 0 Å². The molecule has 0 unspecified atom stereocenters. The van der Waals surface area contributed by atoms with Gasteiger partial charge >= 0.3 is 0 Å².